The van der Waals surface area contributed by atoms with E-state index in [4.69, 9.17) is 4.74 Å². The van der Waals surface area contributed by atoms with Gasteiger partial charge in [0.05, 0.1) is 12.2 Å². The second-order valence-electron chi connectivity index (χ2n) is 6.96. The van der Waals surface area contributed by atoms with Gasteiger partial charge in [-0.3, -0.25) is 9.36 Å². The maximum Gasteiger partial charge on any atom is 0.254 e. The fourth-order valence-electron chi connectivity index (χ4n) is 3.51. The molecule has 0 saturated carbocycles. The van der Waals surface area contributed by atoms with Crippen molar-refractivity contribution < 1.29 is 9.53 Å². The van der Waals surface area contributed by atoms with Crippen LogP contribution in [-0.2, 0) is 4.74 Å². The van der Waals surface area contributed by atoms with Crippen molar-refractivity contribution >= 4 is 5.91 Å². The van der Waals surface area contributed by atoms with Crippen molar-refractivity contribution in [2.75, 3.05) is 13.1 Å². The Labute approximate surface area is 158 Å². The van der Waals surface area contributed by atoms with Gasteiger partial charge in [-0.15, -0.1) is 10.2 Å². The van der Waals surface area contributed by atoms with Gasteiger partial charge >= 0.3 is 0 Å². The zero-order valence-electron chi connectivity index (χ0n) is 15.4. The van der Waals surface area contributed by atoms with Gasteiger partial charge in [0, 0.05) is 24.3 Å². The normalized spacial score (nSPS) is 19.9. The van der Waals surface area contributed by atoms with E-state index in [2.05, 4.69) is 22.3 Å². The topological polar surface area (TPSA) is 60.2 Å². The molecule has 3 aromatic rings. The average molecular weight is 362 g/mol. The Morgan fingerprint density at radius 2 is 1.63 bits per heavy atom. The summed E-state index contributed by atoms with van der Waals surface area (Å²) in [5, 5.41) is 7.70. The molecule has 0 radical (unpaired) electrons. The predicted molar refractivity (Wildman–Crippen MR) is 103 cm³/mol. The minimum Gasteiger partial charge on any atom is -0.372 e. The number of nitrogens with zero attached hydrogens (tertiary/aromatic N) is 4. The van der Waals surface area contributed by atoms with Gasteiger partial charge in [-0.1, -0.05) is 24.3 Å². The maximum absolute atomic E-state index is 12.8. The number of hydrogen-bond donors (Lipinski definition) is 0. The zero-order chi connectivity index (χ0) is 18.8. The van der Waals surface area contributed by atoms with Crippen molar-refractivity contribution in [1.82, 2.24) is 19.7 Å². The van der Waals surface area contributed by atoms with Crippen LogP contribution in [0.4, 0.5) is 0 Å². The van der Waals surface area contributed by atoms with Crippen LogP contribution in [0.5, 0.6) is 0 Å². The van der Waals surface area contributed by atoms with Gasteiger partial charge < -0.3 is 9.64 Å². The Hall–Kier alpha value is -2.99. The van der Waals surface area contributed by atoms with E-state index in [0.29, 0.717) is 18.7 Å². The van der Waals surface area contributed by atoms with E-state index in [9.17, 15) is 4.79 Å². The molecule has 0 spiro atoms. The third-order valence-electron chi connectivity index (χ3n) is 4.74. The lowest BCUT2D eigenvalue weighted by molar-refractivity contribution is -0.0586. The first kappa shape index (κ1) is 17.4. The summed E-state index contributed by atoms with van der Waals surface area (Å²) >= 11 is 0. The van der Waals surface area contributed by atoms with Crippen LogP contribution < -0.4 is 0 Å². The van der Waals surface area contributed by atoms with Crippen molar-refractivity contribution in [2.24, 2.45) is 0 Å². The van der Waals surface area contributed by atoms with E-state index in [0.717, 1.165) is 16.8 Å². The summed E-state index contributed by atoms with van der Waals surface area (Å²) in [6, 6.07) is 15.9. The van der Waals surface area contributed by atoms with E-state index >= 15 is 0 Å². The van der Waals surface area contributed by atoms with Gasteiger partial charge in [-0.2, -0.15) is 0 Å². The molecule has 1 fully saturated rings. The summed E-state index contributed by atoms with van der Waals surface area (Å²) < 4.78 is 7.58. The SMILES string of the molecule is C[C@@H]1CN(C(=O)c2ccc(-c3cccc(-n4cnnc4)c3)cc2)C[C@H](C)O1. The number of benzene rings is 2. The molecule has 2 aromatic carbocycles. The molecular formula is C21H22N4O2. The summed E-state index contributed by atoms with van der Waals surface area (Å²) in [7, 11) is 0. The van der Waals surface area contributed by atoms with Crippen LogP contribution in [0, 0.1) is 0 Å². The zero-order valence-corrected chi connectivity index (χ0v) is 15.4. The summed E-state index contributed by atoms with van der Waals surface area (Å²) in [6.45, 7) is 5.27. The number of morpholine rings is 1. The highest BCUT2D eigenvalue weighted by Gasteiger charge is 2.26. The van der Waals surface area contributed by atoms with Crippen LogP contribution in [0.15, 0.2) is 61.2 Å². The first-order chi connectivity index (χ1) is 13.1. The molecule has 4 rings (SSSR count). The Balaban J connectivity index is 1.54. The Morgan fingerprint density at radius 1 is 0.963 bits per heavy atom. The van der Waals surface area contributed by atoms with Gasteiger partial charge in [0.2, 0.25) is 0 Å². The fraction of sp³-hybridized carbons (Fsp3) is 0.286. The molecule has 1 amide bonds. The predicted octanol–water partition coefficient (Wildman–Crippen LogP) is 3.18. The molecule has 1 saturated heterocycles. The first-order valence-electron chi connectivity index (χ1n) is 9.10. The lowest BCUT2D eigenvalue weighted by atomic mass is 10.0. The van der Waals surface area contributed by atoms with E-state index in [1.807, 2.05) is 59.7 Å². The average Bonchev–Trinajstić information content (AvgIpc) is 3.22. The molecule has 27 heavy (non-hydrogen) atoms. The summed E-state index contributed by atoms with van der Waals surface area (Å²) in [6.07, 6.45) is 3.48. The molecule has 0 unspecified atom stereocenters. The number of ether oxygens (including phenoxy) is 1. The van der Waals surface area contributed by atoms with E-state index in [1.54, 1.807) is 12.7 Å². The molecule has 6 heteroatoms. The van der Waals surface area contributed by atoms with Crippen molar-refractivity contribution in [2.45, 2.75) is 26.1 Å². The molecule has 1 aliphatic heterocycles. The molecule has 138 valence electrons. The number of carbonyl (C=O) groups excluding carboxylic acids is 1. The van der Waals surface area contributed by atoms with Crippen molar-refractivity contribution in [3.05, 3.63) is 66.7 Å². The highest BCUT2D eigenvalue weighted by Crippen LogP contribution is 2.23. The van der Waals surface area contributed by atoms with Crippen LogP contribution in [0.3, 0.4) is 0 Å². The molecule has 1 aliphatic rings. The molecule has 0 bridgehead atoms. The van der Waals surface area contributed by atoms with Crippen molar-refractivity contribution in [3.8, 4) is 16.8 Å². The van der Waals surface area contributed by atoms with Crippen molar-refractivity contribution in [3.63, 3.8) is 0 Å². The van der Waals surface area contributed by atoms with Gasteiger partial charge in [0.1, 0.15) is 12.7 Å². The number of rotatable bonds is 3. The lowest BCUT2D eigenvalue weighted by Gasteiger charge is -2.35. The first-order valence-corrected chi connectivity index (χ1v) is 9.10. The van der Waals surface area contributed by atoms with E-state index in [-0.39, 0.29) is 18.1 Å². The molecule has 0 N–H and O–H groups in total. The molecule has 2 atom stereocenters. The highest BCUT2D eigenvalue weighted by molar-refractivity contribution is 5.94. The number of aromatic nitrogens is 3. The maximum atomic E-state index is 12.8. The molecule has 6 nitrogen and oxygen atoms in total. The minimum atomic E-state index is 0.0572. The van der Waals surface area contributed by atoms with E-state index < -0.39 is 0 Å². The molecule has 0 aliphatic carbocycles. The van der Waals surface area contributed by atoms with Crippen molar-refractivity contribution in [1.29, 1.82) is 0 Å². The van der Waals surface area contributed by atoms with Crippen LogP contribution >= 0.6 is 0 Å². The fourth-order valence-corrected chi connectivity index (χ4v) is 3.51. The van der Waals surface area contributed by atoms with Gasteiger partial charge in [-0.05, 0) is 49.2 Å². The quantitative estimate of drug-likeness (QED) is 0.718. The second-order valence-corrected chi connectivity index (χ2v) is 6.96. The third kappa shape index (κ3) is 3.75. The lowest BCUT2D eigenvalue weighted by Crippen LogP contribution is -2.48. The van der Waals surface area contributed by atoms with Gasteiger partial charge in [0.15, 0.2) is 0 Å². The molecule has 2 heterocycles. The largest absolute Gasteiger partial charge is 0.372 e. The summed E-state index contributed by atoms with van der Waals surface area (Å²) in [4.78, 5) is 14.7. The minimum absolute atomic E-state index is 0.0572. The van der Waals surface area contributed by atoms with Gasteiger partial charge in [-0.25, -0.2) is 0 Å². The molecule has 1 aromatic heterocycles. The number of hydrogen-bond acceptors (Lipinski definition) is 4. The smallest absolute Gasteiger partial charge is 0.254 e. The number of amides is 1. The highest BCUT2D eigenvalue weighted by atomic mass is 16.5. The van der Waals surface area contributed by atoms with Crippen LogP contribution in [0.25, 0.3) is 16.8 Å². The Morgan fingerprint density at radius 3 is 2.30 bits per heavy atom. The van der Waals surface area contributed by atoms with Crippen LogP contribution in [0.2, 0.25) is 0 Å². The van der Waals surface area contributed by atoms with Gasteiger partial charge in [0.25, 0.3) is 5.91 Å². The number of carbonyl (C=O) groups is 1. The standard InChI is InChI=1S/C21H22N4O2/c1-15-11-24(12-16(2)27-15)21(26)18-8-6-17(7-9-18)19-4-3-5-20(10-19)25-13-22-23-14-25/h3-10,13-16H,11-12H2,1-2H3/t15-,16+. The molecular weight excluding hydrogens is 340 g/mol. The second kappa shape index (κ2) is 7.32. The Bertz CT molecular complexity index is 912. The van der Waals surface area contributed by atoms with E-state index in [1.165, 1.54) is 0 Å². The monoisotopic (exact) mass is 362 g/mol. The Kier molecular flexibility index (Phi) is 4.73. The van der Waals surface area contributed by atoms with Crippen LogP contribution in [-0.4, -0.2) is 50.9 Å². The summed E-state index contributed by atoms with van der Waals surface area (Å²) in [5.74, 6) is 0.0572. The summed E-state index contributed by atoms with van der Waals surface area (Å²) in [5.41, 5.74) is 3.84. The third-order valence-corrected chi connectivity index (χ3v) is 4.74. The van der Waals surface area contributed by atoms with Crippen LogP contribution in [0.1, 0.15) is 24.2 Å².